The van der Waals surface area contributed by atoms with E-state index < -0.39 is 18.0 Å². The molecule has 0 aliphatic heterocycles. The monoisotopic (exact) mass is 490 g/mol. The first kappa shape index (κ1) is 24.0. The van der Waals surface area contributed by atoms with Crippen LogP contribution in [0.4, 0.5) is 0 Å². The number of rotatable bonds is 7. The third-order valence-electron chi connectivity index (χ3n) is 6.42. The van der Waals surface area contributed by atoms with Crippen LogP contribution in [0.25, 0.3) is 16.8 Å². The van der Waals surface area contributed by atoms with Crippen molar-refractivity contribution in [1.82, 2.24) is 9.38 Å². The fraction of sp³-hybridized carbons (Fsp3) is 0.129. The summed E-state index contributed by atoms with van der Waals surface area (Å²) in [6.45, 7) is 4.01. The highest BCUT2D eigenvalue weighted by molar-refractivity contribution is 5.96. The molecule has 37 heavy (non-hydrogen) atoms. The van der Waals surface area contributed by atoms with Crippen molar-refractivity contribution >= 4 is 17.6 Å². The highest BCUT2D eigenvalue weighted by Crippen LogP contribution is 2.33. The van der Waals surface area contributed by atoms with Crippen LogP contribution in [0.2, 0.25) is 0 Å². The number of ether oxygens (including phenoxy) is 1. The molecule has 0 amide bonds. The fourth-order valence-corrected chi connectivity index (χ4v) is 4.47. The zero-order valence-electron chi connectivity index (χ0n) is 20.6. The zero-order valence-corrected chi connectivity index (χ0v) is 20.6. The van der Waals surface area contributed by atoms with Crippen LogP contribution in [0.1, 0.15) is 56.3 Å². The van der Waals surface area contributed by atoms with Gasteiger partial charge in [-0.15, -0.1) is 0 Å². The third kappa shape index (κ3) is 4.74. The predicted molar refractivity (Wildman–Crippen MR) is 142 cm³/mol. The Labute approximate surface area is 214 Å². The molecule has 0 bridgehead atoms. The average Bonchev–Trinajstić information content (AvgIpc) is 3.38. The molecule has 1 unspecified atom stereocenters. The molecular formula is C31H26N2O4. The van der Waals surface area contributed by atoms with Crippen LogP contribution in [-0.2, 0) is 11.2 Å². The van der Waals surface area contributed by atoms with E-state index in [1.807, 2.05) is 79.0 Å². The summed E-state index contributed by atoms with van der Waals surface area (Å²) in [7, 11) is 0. The van der Waals surface area contributed by atoms with Gasteiger partial charge in [0.2, 0.25) is 0 Å². The first-order valence-corrected chi connectivity index (χ1v) is 12.1. The van der Waals surface area contributed by atoms with Crippen molar-refractivity contribution in [1.29, 1.82) is 0 Å². The van der Waals surface area contributed by atoms with Gasteiger partial charge in [0.25, 0.3) is 0 Å². The number of carboxylic acids is 1. The molecule has 0 fully saturated rings. The summed E-state index contributed by atoms with van der Waals surface area (Å²) in [4.78, 5) is 30.3. The first-order chi connectivity index (χ1) is 18.0. The summed E-state index contributed by atoms with van der Waals surface area (Å²) >= 11 is 0. The molecule has 3 aromatic carbocycles. The second-order valence-electron chi connectivity index (χ2n) is 8.85. The second-order valence-corrected chi connectivity index (χ2v) is 8.85. The van der Waals surface area contributed by atoms with Gasteiger partial charge in [-0.25, -0.2) is 14.6 Å². The first-order valence-electron chi connectivity index (χ1n) is 12.1. The van der Waals surface area contributed by atoms with E-state index in [4.69, 9.17) is 9.72 Å². The van der Waals surface area contributed by atoms with Crippen molar-refractivity contribution in [3.63, 3.8) is 0 Å². The normalized spacial score (nSPS) is 11.8. The lowest BCUT2D eigenvalue weighted by Gasteiger charge is -2.22. The number of carbonyl (C=O) groups excluding carboxylic acids is 1. The minimum absolute atomic E-state index is 0.132. The Kier molecular flexibility index (Phi) is 6.56. The fourth-order valence-electron chi connectivity index (χ4n) is 4.47. The zero-order chi connectivity index (χ0) is 25.9. The summed E-state index contributed by atoms with van der Waals surface area (Å²) in [5.41, 5.74) is 5.84. The number of hydrogen-bond acceptors (Lipinski definition) is 4. The summed E-state index contributed by atoms with van der Waals surface area (Å²) in [6, 6.07) is 27.2. The number of aromatic carboxylic acids is 1. The molecule has 0 radical (unpaired) electrons. The van der Waals surface area contributed by atoms with Gasteiger partial charge in [-0.2, -0.15) is 0 Å². The van der Waals surface area contributed by atoms with Crippen molar-refractivity contribution in [3.05, 3.63) is 131 Å². The van der Waals surface area contributed by atoms with Crippen LogP contribution in [0.15, 0.2) is 97.2 Å². The Bertz CT molecular complexity index is 1590. The Hall–Kier alpha value is -4.71. The summed E-state index contributed by atoms with van der Waals surface area (Å²) in [5.74, 6) is -1.56. The van der Waals surface area contributed by atoms with Gasteiger partial charge in [0.1, 0.15) is 5.65 Å². The van der Waals surface area contributed by atoms with Crippen LogP contribution >= 0.6 is 0 Å². The smallest absolute Gasteiger partial charge is 0.339 e. The number of pyridine rings is 1. The maximum atomic E-state index is 13.2. The lowest BCUT2D eigenvalue weighted by Crippen LogP contribution is -2.16. The quantitative estimate of drug-likeness (QED) is 0.263. The summed E-state index contributed by atoms with van der Waals surface area (Å²) in [6.07, 6.45) is 1.83. The molecule has 0 spiro atoms. The predicted octanol–water partition coefficient (Wildman–Crippen LogP) is 6.52. The summed E-state index contributed by atoms with van der Waals surface area (Å²) in [5, 5.41) is 10.1. The van der Waals surface area contributed by atoms with Crippen molar-refractivity contribution < 1.29 is 19.4 Å². The Balaban J connectivity index is 1.68. The van der Waals surface area contributed by atoms with E-state index in [2.05, 4.69) is 0 Å². The van der Waals surface area contributed by atoms with Crippen LogP contribution < -0.4 is 0 Å². The number of benzene rings is 3. The van der Waals surface area contributed by atoms with Gasteiger partial charge in [-0.3, -0.25) is 4.40 Å². The van der Waals surface area contributed by atoms with Crippen LogP contribution in [0, 0.1) is 6.92 Å². The average molecular weight is 491 g/mol. The number of aromatic nitrogens is 2. The third-order valence-corrected chi connectivity index (χ3v) is 6.42. The van der Waals surface area contributed by atoms with Crippen molar-refractivity contribution in [3.8, 4) is 11.1 Å². The Morgan fingerprint density at radius 3 is 2.32 bits per heavy atom. The number of esters is 1. The van der Waals surface area contributed by atoms with Crippen LogP contribution in [0.3, 0.4) is 0 Å². The van der Waals surface area contributed by atoms with Crippen molar-refractivity contribution in [2.45, 2.75) is 26.4 Å². The topological polar surface area (TPSA) is 80.9 Å². The molecule has 2 heterocycles. The van der Waals surface area contributed by atoms with Crippen LogP contribution in [0.5, 0.6) is 0 Å². The Morgan fingerprint density at radius 1 is 0.946 bits per heavy atom. The lowest BCUT2D eigenvalue weighted by atomic mass is 9.94. The molecule has 0 aliphatic rings. The largest absolute Gasteiger partial charge is 0.478 e. The maximum Gasteiger partial charge on any atom is 0.339 e. The highest BCUT2D eigenvalue weighted by Gasteiger charge is 2.26. The van der Waals surface area contributed by atoms with Gasteiger partial charge in [-0.05, 0) is 59.9 Å². The molecule has 6 nitrogen and oxygen atoms in total. The van der Waals surface area contributed by atoms with Gasteiger partial charge in [0.15, 0.2) is 6.10 Å². The van der Waals surface area contributed by atoms with Crippen molar-refractivity contribution in [2.75, 3.05) is 0 Å². The van der Waals surface area contributed by atoms with Gasteiger partial charge >= 0.3 is 11.9 Å². The second kappa shape index (κ2) is 10.1. The number of imidazole rings is 1. The SMILES string of the molecule is CCc1cn2c(C(OC(=O)c3ccccc3)c3ccc(-c4ccccc4)c(C(=O)O)c3)ccc(C)c2n1. The van der Waals surface area contributed by atoms with E-state index in [1.165, 1.54) is 0 Å². The van der Waals surface area contributed by atoms with Gasteiger partial charge in [0, 0.05) is 6.20 Å². The molecular weight excluding hydrogens is 464 g/mol. The Morgan fingerprint density at radius 2 is 1.65 bits per heavy atom. The minimum Gasteiger partial charge on any atom is -0.478 e. The van der Waals surface area contributed by atoms with E-state index in [0.29, 0.717) is 22.4 Å². The molecule has 1 atom stereocenters. The van der Waals surface area contributed by atoms with Crippen LogP contribution in [-0.4, -0.2) is 26.4 Å². The lowest BCUT2D eigenvalue weighted by molar-refractivity contribution is 0.0368. The van der Waals surface area contributed by atoms with Gasteiger partial charge in [0.05, 0.1) is 22.5 Å². The molecule has 1 N–H and O–H groups in total. The molecule has 0 saturated carbocycles. The number of aryl methyl sites for hydroxylation is 2. The van der Waals surface area contributed by atoms with Crippen molar-refractivity contribution in [2.24, 2.45) is 0 Å². The molecule has 0 saturated heterocycles. The number of nitrogens with zero attached hydrogens (tertiary/aromatic N) is 2. The summed E-state index contributed by atoms with van der Waals surface area (Å²) < 4.78 is 8.03. The molecule has 0 aliphatic carbocycles. The molecule has 5 rings (SSSR count). The highest BCUT2D eigenvalue weighted by atomic mass is 16.5. The molecule has 184 valence electrons. The molecule has 2 aromatic heterocycles. The van der Waals surface area contributed by atoms with Gasteiger partial charge in [-0.1, -0.05) is 73.7 Å². The maximum absolute atomic E-state index is 13.2. The minimum atomic E-state index is -1.06. The molecule has 6 heteroatoms. The van der Waals surface area contributed by atoms with E-state index in [9.17, 15) is 14.7 Å². The van der Waals surface area contributed by atoms with E-state index in [-0.39, 0.29) is 5.56 Å². The van der Waals surface area contributed by atoms with Gasteiger partial charge < -0.3 is 9.84 Å². The van der Waals surface area contributed by atoms with E-state index in [1.54, 1.807) is 36.4 Å². The van der Waals surface area contributed by atoms with E-state index in [0.717, 1.165) is 28.9 Å². The number of carboxylic acid groups (broad SMARTS) is 1. The molecule has 5 aromatic rings. The standard InChI is InChI=1S/C31H26N2O4/c1-3-24-19-33-27(17-14-20(2)29(33)32-24)28(37-31(36)22-12-8-5-9-13-22)23-15-16-25(26(18-23)30(34)35)21-10-6-4-7-11-21/h4-19,28H,3H2,1-2H3,(H,34,35). The number of fused-ring (bicyclic) bond motifs is 1. The van der Waals surface area contributed by atoms with E-state index >= 15 is 0 Å². The number of carbonyl (C=O) groups is 2. The number of hydrogen-bond donors (Lipinski definition) is 1.